The number of amides is 1. The van der Waals surface area contributed by atoms with Gasteiger partial charge in [-0.05, 0) is 44.4 Å². The van der Waals surface area contributed by atoms with E-state index in [1.54, 1.807) is 0 Å². The Morgan fingerprint density at radius 2 is 2.12 bits per heavy atom. The van der Waals surface area contributed by atoms with E-state index in [2.05, 4.69) is 11.6 Å². The Kier molecular flexibility index (Phi) is 4.36. The third-order valence-corrected chi connectivity index (χ3v) is 5.79. The highest BCUT2D eigenvalue weighted by Gasteiger charge is 2.42. The fraction of sp³-hybridized carbons (Fsp3) is 0.923. The van der Waals surface area contributed by atoms with Crippen LogP contribution in [0.25, 0.3) is 0 Å². The van der Waals surface area contributed by atoms with Gasteiger partial charge in [0.15, 0.2) is 0 Å². The first-order valence-corrected chi connectivity index (χ1v) is 7.96. The Morgan fingerprint density at radius 3 is 2.71 bits per heavy atom. The van der Waals surface area contributed by atoms with Crippen LogP contribution in [0, 0.1) is 11.8 Å². The van der Waals surface area contributed by atoms with E-state index >= 15 is 0 Å². The van der Waals surface area contributed by atoms with Gasteiger partial charge in [-0.15, -0.1) is 0 Å². The predicted octanol–water partition coefficient (Wildman–Crippen LogP) is 1.76. The van der Waals surface area contributed by atoms with Crippen molar-refractivity contribution in [3.8, 4) is 0 Å². The normalized spacial score (nSPS) is 30.9. The van der Waals surface area contributed by atoms with E-state index in [0.717, 1.165) is 19.4 Å². The van der Waals surface area contributed by atoms with E-state index in [1.165, 1.54) is 25.7 Å². The van der Waals surface area contributed by atoms with Gasteiger partial charge in [0, 0.05) is 17.2 Å². The van der Waals surface area contributed by atoms with Gasteiger partial charge < -0.3 is 11.1 Å². The fourth-order valence-electron chi connectivity index (χ4n) is 2.81. The monoisotopic (exact) mass is 256 g/mol. The van der Waals surface area contributed by atoms with Crippen molar-refractivity contribution in [2.24, 2.45) is 17.6 Å². The van der Waals surface area contributed by atoms with E-state index in [0.29, 0.717) is 17.2 Å². The van der Waals surface area contributed by atoms with Crippen molar-refractivity contribution < 1.29 is 4.79 Å². The van der Waals surface area contributed by atoms with Crippen molar-refractivity contribution in [3.63, 3.8) is 0 Å². The summed E-state index contributed by atoms with van der Waals surface area (Å²) in [6.07, 6.45) is 9.21. The van der Waals surface area contributed by atoms with Gasteiger partial charge in [-0.25, -0.2) is 0 Å². The van der Waals surface area contributed by atoms with Crippen molar-refractivity contribution in [3.05, 3.63) is 0 Å². The first kappa shape index (κ1) is 13.2. The third-order valence-electron chi connectivity index (χ3n) is 4.37. The number of thioether (sulfide) groups is 1. The molecule has 4 heteroatoms. The summed E-state index contributed by atoms with van der Waals surface area (Å²) in [5.41, 5.74) is 5.77. The molecule has 2 fully saturated rings. The lowest BCUT2D eigenvalue weighted by molar-refractivity contribution is -0.127. The van der Waals surface area contributed by atoms with Crippen LogP contribution in [-0.4, -0.2) is 30.0 Å². The summed E-state index contributed by atoms with van der Waals surface area (Å²) in [4.78, 5) is 12.2. The van der Waals surface area contributed by atoms with Gasteiger partial charge in [0.25, 0.3) is 0 Å². The number of rotatable bonds is 5. The van der Waals surface area contributed by atoms with Gasteiger partial charge in [-0.3, -0.25) is 4.79 Å². The van der Waals surface area contributed by atoms with Crippen molar-refractivity contribution in [1.29, 1.82) is 0 Å². The fourth-order valence-corrected chi connectivity index (χ4v) is 3.53. The Bertz CT molecular complexity index is 279. The molecular weight excluding hydrogens is 232 g/mol. The molecule has 0 aromatic heterocycles. The Morgan fingerprint density at radius 1 is 1.41 bits per heavy atom. The van der Waals surface area contributed by atoms with E-state index in [-0.39, 0.29) is 11.8 Å². The maximum Gasteiger partial charge on any atom is 0.223 e. The van der Waals surface area contributed by atoms with Crippen molar-refractivity contribution in [2.75, 3.05) is 19.3 Å². The number of carbonyl (C=O) groups is 1. The van der Waals surface area contributed by atoms with Crippen LogP contribution in [0.15, 0.2) is 0 Å². The maximum absolute atomic E-state index is 12.2. The molecule has 3 nitrogen and oxygen atoms in total. The highest BCUT2D eigenvalue weighted by Crippen LogP contribution is 2.46. The number of nitrogens with two attached hydrogens (primary N) is 1. The standard InChI is InChI=1S/C13H24N2OS/c1-17-13(6-7-13)9-15-12(16)11-5-3-2-4-10(11)8-14/h10-11H,2-9,14H2,1H3,(H,15,16). The summed E-state index contributed by atoms with van der Waals surface area (Å²) < 4.78 is 0.364. The lowest BCUT2D eigenvalue weighted by atomic mass is 9.79. The summed E-state index contributed by atoms with van der Waals surface area (Å²) in [7, 11) is 0. The average Bonchev–Trinajstić information content (AvgIpc) is 3.16. The molecule has 2 aliphatic rings. The minimum atomic E-state index is 0.173. The minimum absolute atomic E-state index is 0.173. The first-order valence-electron chi connectivity index (χ1n) is 6.74. The van der Waals surface area contributed by atoms with Crippen LogP contribution in [0.4, 0.5) is 0 Å². The van der Waals surface area contributed by atoms with E-state index in [9.17, 15) is 4.79 Å². The molecule has 98 valence electrons. The molecule has 2 unspecified atom stereocenters. The summed E-state index contributed by atoms with van der Waals surface area (Å²) in [6.45, 7) is 1.51. The van der Waals surface area contributed by atoms with Crippen LogP contribution in [0.2, 0.25) is 0 Å². The second-order valence-electron chi connectivity index (χ2n) is 5.49. The smallest absolute Gasteiger partial charge is 0.223 e. The number of carbonyl (C=O) groups excluding carboxylic acids is 1. The molecule has 2 atom stereocenters. The van der Waals surface area contributed by atoms with Crippen LogP contribution < -0.4 is 11.1 Å². The Hall–Kier alpha value is -0.220. The van der Waals surface area contributed by atoms with Gasteiger partial charge >= 0.3 is 0 Å². The lowest BCUT2D eigenvalue weighted by Gasteiger charge is -2.30. The summed E-state index contributed by atoms with van der Waals surface area (Å²) in [5.74, 6) is 0.833. The molecule has 0 aromatic carbocycles. The van der Waals surface area contributed by atoms with Crippen molar-refractivity contribution in [1.82, 2.24) is 5.32 Å². The summed E-state index contributed by atoms with van der Waals surface area (Å²) in [6, 6.07) is 0. The number of hydrogen-bond donors (Lipinski definition) is 2. The third kappa shape index (κ3) is 3.16. The second kappa shape index (κ2) is 5.61. The van der Waals surface area contributed by atoms with Gasteiger partial charge in [0.1, 0.15) is 0 Å². The van der Waals surface area contributed by atoms with E-state index in [1.807, 2.05) is 11.8 Å². The average molecular weight is 256 g/mol. The molecule has 0 radical (unpaired) electrons. The quantitative estimate of drug-likeness (QED) is 0.788. The van der Waals surface area contributed by atoms with E-state index in [4.69, 9.17) is 5.73 Å². The molecule has 0 aliphatic heterocycles. The van der Waals surface area contributed by atoms with Crippen LogP contribution in [0.5, 0.6) is 0 Å². The van der Waals surface area contributed by atoms with Gasteiger partial charge in [-0.1, -0.05) is 12.8 Å². The molecule has 17 heavy (non-hydrogen) atoms. The Balaban J connectivity index is 1.81. The van der Waals surface area contributed by atoms with Crippen molar-refractivity contribution >= 4 is 17.7 Å². The second-order valence-corrected chi connectivity index (χ2v) is 6.77. The zero-order valence-corrected chi connectivity index (χ0v) is 11.5. The molecule has 0 bridgehead atoms. The van der Waals surface area contributed by atoms with Crippen LogP contribution in [0.3, 0.4) is 0 Å². The van der Waals surface area contributed by atoms with E-state index < -0.39 is 0 Å². The van der Waals surface area contributed by atoms with Crippen molar-refractivity contribution in [2.45, 2.75) is 43.3 Å². The molecule has 0 saturated heterocycles. The predicted molar refractivity (Wildman–Crippen MR) is 73.0 cm³/mol. The maximum atomic E-state index is 12.2. The highest BCUT2D eigenvalue weighted by molar-refractivity contribution is 8.00. The Labute approximate surface area is 108 Å². The molecule has 2 aliphatic carbocycles. The molecule has 0 heterocycles. The SMILES string of the molecule is CSC1(CNC(=O)C2CCCCC2CN)CC1. The lowest BCUT2D eigenvalue weighted by Crippen LogP contribution is -2.42. The van der Waals surface area contributed by atoms with Gasteiger partial charge in [0.05, 0.1) is 0 Å². The van der Waals surface area contributed by atoms with Crippen LogP contribution >= 0.6 is 11.8 Å². The molecule has 0 spiro atoms. The molecule has 2 saturated carbocycles. The molecule has 0 aromatic rings. The summed E-state index contributed by atoms with van der Waals surface area (Å²) in [5, 5.41) is 3.16. The largest absolute Gasteiger partial charge is 0.354 e. The highest BCUT2D eigenvalue weighted by atomic mass is 32.2. The summed E-state index contributed by atoms with van der Waals surface area (Å²) >= 11 is 1.89. The minimum Gasteiger partial charge on any atom is -0.354 e. The number of hydrogen-bond acceptors (Lipinski definition) is 3. The zero-order valence-electron chi connectivity index (χ0n) is 10.7. The van der Waals surface area contributed by atoms with Crippen LogP contribution in [-0.2, 0) is 4.79 Å². The molecular formula is C13H24N2OS. The van der Waals surface area contributed by atoms with Gasteiger partial charge in [-0.2, -0.15) is 11.8 Å². The van der Waals surface area contributed by atoms with Gasteiger partial charge in [0.2, 0.25) is 5.91 Å². The first-order chi connectivity index (χ1) is 8.21. The zero-order chi connectivity index (χ0) is 12.3. The number of nitrogens with one attached hydrogen (secondary N) is 1. The molecule has 2 rings (SSSR count). The molecule has 3 N–H and O–H groups in total. The van der Waals surface area contributed by atoms with Crippen LogP contribution in [0.1, 0.15) is 38.5 Å². The molecule has 1 amide bonds. The topological polar surface area (TPSA) is 55.1 Å².